The lowest BCUT2D eigenvalue weighted by Gasteiger charge is -2.34. The Hall–Kier alpha value is -1.74. The van der Waals surface area contributed by atoms with Gasteiger partial charge in [-0.1, -0.05) is 41.9 Å². The SMILES string of the molecule is O=S(=O)(c1ccc(OC(F)F)c(Cl)c1)N1CCN(Cc2ccccc2)CC1. The van der Waals surface area contributed by atoms with Crippen LogP contribution in [-0.2, 0) is 16.6 Å². The van der Waals surface area contributed by atoms with Gasteiger partial charge in [-0.25, -0.2) is 8.42 Å². The van der Waals surface area contributed by atoms with Gasteiger partial charge in [0.2, 0.25) is 10.0 Å². The molecule has 1 heterocycles. The first-order valence-electron chi connectivity index (χ1n) is 8.37. The molecule has 0 spiro atoms. The van der Waals surface area contributed by atoms with Gasteiger partial charge in [-0.05, 0) is 23.8 Å². The van der Waals surface area contributed by atoms with E-state index in [2.05, 4.69) is 9.64 Å². The molecule has 1 aliphatic rings. The minimum atomic E-state index is -3.75. The maximum absolute atomic E-state index is 12.8. The Balaban J connectivity index is 1.65. The molecular weight excluding hydrogens is 398 g/mol. The highest BCUT2D eigenvalue weighted by atomic mass is 35.5. The van der Waals surface area contributed by atoms with Crippen molar-refractivity contribution in [3.8, 4) is 5.75 Å². The van der Waals surface area contributed by atoms with E-state index in [4.69, 9.17) is 11.6 Å². The van der Waals surface area contributed by atoms with Crippen LogP contribution in [0.2, 0.25) is 5.02 Å². The standard InChI is InChI=1S/C18H19ClF2N2O3S/c19-16-12-15(6-7-17(16)26-18(20)21)27(24,25)23-10-8-22(9-11-23)13-14-4-2-1-3-5-14/h1-7,12,18H,8-11,13H2. The molecular formula is C18H19ClF2N2O3S. The first kappa shape index (κ1) is 20.0. The minimum Gasteiger partial charge on any atom is -0.433 e. The molecule has 0 saturated carbocycles. The largest absolute Gasteiger partial charge is 0.433 e. The Morgan fingerprint density at radius 3 is 2.30 bits per heavy atom. The van der Waals surface area contributed by atoms with Crippen molar-refractivity contribution < 1.29 is 21.9 Å². The van der Waals surface area contributed by atoms with Crippen molar-refractivity contribution in [3.05, 3.63) is 59.1 Å². The molecule has 3 rings (SSSR count). The van der Waals surface area contributed by atoms with Gasteiger partial charge in [-0.2, -0.15) is 13.1 Å². The van der Waals surface area contributed by atoms with E-state index in [0.29, 0.717) is 26.2 Å². The van der Waals surface area contributed by atoms with E-state index in [9.17, 15) is 17.2 Å². The van der Waals surface area contributed by atoms with E-state index in [1.54, 1.807) is 0 Å². The van der Waals surface area contributed by atoms with E-state index in [1.165, 1.54) is 15.9 Å². The lowest BCUT2D eigenvalue weighted by Crippen LogP contribution is -2.48. The molecule has 0 radical (unpaired) electrons. The minimum absolute atomic E-state index is 0.0365. The Labute approximate surface area is 162 Å². The predicted molar refractivity (Wildman–Crippen MR) is 98.6 cm³/mol. The molecule has 1 saturated heterocycles. The Bertz CT molecular complexity index is 873. The quantitative estimate of drug-likeness (QED) is 0.723. The Kier molecular flexibility index (Phi) is 6.31. The molecule has 1 aliphatic heterocycles. The fourth-order valence-electron chi connectivity index (χ4n) is 2.95. The first-order chi connectivity index (χ1) is 12.9. The normalized spacial score (nSPS) is 16.6. The van der Waals surface area contributed by atoms with E-state index < -0.39 is 16.6 Å². The summed E-state index contributed by atoms with van der Waals surface area (Å²) in [6.07, 6.45) is 0. The fraction of sp³-hybridized carbons (Fsp3) is 0.333. The second-order valence-corrected chi connectivity index (χ2v) is 8.48. The second kappa shape index (κ2) is 8.52. The van der Waals surface area contributed by atoms with E-state index in [1.807, 2.05) is 30.3 Å². The maximum Gasteiger partial charge on any atom is 0.387 e. The van der Waals surface area contributed by atoms with E-state index in [-0.39, 0.29) is 15.7 Å². The van der Waals surface area contributed by atoms with Crippen molar-refractivity contribution in [1.82, 2.24) is 9.21 Å². The summed E-state index contributed by atoms with van der Waals surface area (Å²) in [4.78, 5) is 2.15. The Morgan fingerprint density at radius 1 is 1.04 bits per heavy atom. The molecule has 0 atom stereocenters. The number of ether oxygens (including phenoxy) is 1. The van der Waals surface area contributed by atoms with Gasteiger partial charge in [0.05, 0.1) is 9.92 Å². The smallest absolute Gasteiger partial charge is 0.387 e. The monoisotopic (exact) mass is 416 g/mol. The summed E-state index contributed by atoms with van der Waals surface area (Å²) < 4.78 is 55.8. The first-order valence-corrected chi connectivity index (χ1v) is 10.2. The number of benzene rings is 2. The molecule has 0 amide bonds. The maximum atomic E-state index is 12.8. The van der Waals surface area contributed by atoms with Crippen LogP contribution in [0, 0.1) is 0 Å². The zero-order valence-corrected chi connectivity index (χ0v) is 16.0. The fourth-order valence-corrected chi connectivity index (χ4v) is 4.69. The zero-order chi connectivity index (χ0) is 19.4. The van der Waals surface area contributed by atoms with Crippen LogP contribution in [0.4, 0.5) is 8.78 Å². The summed E-state index contributed by atoms with van der Waals surface area (Å²) in [5.41, 5.74) is 1.18. The third-order valence-electron chi connectivity index (χ3n) is 4.34. The number of halogens is 3. The number of hydrogen-bond donors (Lipinski definition) is 0. The van der Waals surface area contributed by atoms with Gasteiger partial charge in [-0.3, -0.25) is 4.90 Å². The van der Waals surface area contributed by atoms with Crippen LogP contribution in [0.25, 0.3) is 0 Å². The van der Waals surface area contributed by atoms with Crippen molar-refractivity contribution in [2.24, 2.45) is 0 Å². The predicted octanol–water partition coefficient (Wildman–Crippen LogP) is 3.45. The zero-order valence-electron chi connectivity index (χ0n) is 14.4. The number of nitrogens with zero attached hydrogens (tertiary/aromatic N) is 2. The lowest BCUT2D eigenvalue weighted by molar-refractivity contribution is -0.0498. The molecule has 0 aliphatic carbocycles. The van der Waals surface area contributed by atoms with Gasteiger partial charge in [-0.15, -0.1) is 0 Å². The van der Waals surface area contributed by atoms with Crippen LogP contribution in [0.3, 0.4) is 0 Å². The van der Waals surface area contributed by atoms with Gasteiger partial charge in [0.1, 0.15) is 5.75 Å². The molecule has 0 unspecified atom stereocenters. The molecule has 0 bridgehead atoms. The molecule has 1 fully saturated rings. The average molecular weight is 417 g/mol. The highest BCUT2D eigenvalue weighted by molar-refractivity contribution is 7.89. The molecule has 0 aromatic heterocycles. The molecule has 2 aromatic rings. The van der Waals surface area contributed by atoms with Gasteiger partial charge in [0, 0.05) is 32.7 Å². The topological polar surface area (TPSA) is 49.9 Å². The molecule has 2 aromatic carbocycles. The average Bonchev–Trinajstić information content (AvgIpc) is 2.64. The third-order valence-corrected chi connectivity index (χ3v) is 6.53. The van der Waals surface area contributed by atoms with Gasteiger partial charge in [0.25, 0.3) is 0 Å². The van der Waals surface area contributed by atoms with E-state index in [0.717, 1.165) is 18.7 Å². The van der Waals surface area contributed by atoms with Crippen molar-refractivity contribution in [1.29, 1.82) is 0 Å². The summed E-state index contributed by atoms with van der Waals surface area (Å²) in [6, 6.07) is 13.5. The molecule has 27 heavy (non-hydrogen) atoms. The Morgan fingerprint density at radius 2 is 1.70 bits per heavy atom. The lowest BCUT2D eigenvalue weighted by atomic mass is 10.2. The van der Waals surface area contributed by atoms with Gasteiger partial charge < -0.3 is 4.74 Å². The van der Waals surface area contributed by atoms with E-state index >= 15 is 0 Å². The number of hydrogen-bond acceptors (Lipinski definition) is 4. The summed E-state index contributed by atoms with van der Waals surface area (Å²) in [5.74, 6) is -0.252. The number of rotatable bonds is 6. The molecule has 0 N–H and O–H groups in total. The molecule has 9 heteroatoms. The van der Waals surface area contributed by atoms with Crippen molar-refractivity contribution in [3.63, 3.8) is 0 Å². The van der Waals surface area contributed by atoms with Crippen molar-refractivity contribution in [2.45, 2.75) is 18.1 Å². The second-order valence-electron chi connectivity index (χ2n) is 6.14. The van der Waals surface area contributed by atoms with Crippen LogP contribution in [0.5, 0.6) is 5.75 Å². The third kappa shape index (κ3) is 4.95. The number of alkyl halides is 2. The number of piperazine rings is 1. The van der Waals surface area contributed by atoms with Crippen molar-refractivity contribution >= 4 is 21.6 Å². The summed E-state index contributed by atoms with van der Waals surface area (Å²) in [7, 11) is -3.75. The highest BCUT2D eigenvalue weighted by Gasteiger charge is 2.29. The molecule has 146 valence electrons. The van der Waals surface area contributed by atoms with Gasteiger partial charge in [0.15, 0.2) is 0 Å². The van der Waals surface area contributed by atoms with Crippen molar-refractivity contribution in [2.75, 3.05) is 26.2 Å². The van der Waals surface area contributed by atoms with Crippen LogP contribution in [0.15, 0.2) is 53.4 Å². The van der Waals surface area contributed by atoms with Crippen LogP contribution in [-0.4, -0.2) is 50.4 Å². The van der Waals surface area contributed by atoms with Crippen LogP contribution in [0.1, 0.15) is 5.56 Å². The van der Waals surface area contributed by atoms with Crippen LogP contribution < -0.4 is 4.74 Å². The van der Waals surface area contributed by atoms with Crippen LogP contribution >= 0.6 is 11.6 Å². The highest BCUT2D eigenvalue weighted by Crippen LogP contribution is 2.30. The van der Waals surface area contributed by atoms with Gasteiger partial charge >= 0.3 is 6.61 Å². The number of sulfonamides is 1. The molecule has 5 nitrogen and oxygen atoms in total. The summed E-state index contributed by atoms with van der Waals surface area (Å²) in [6.45, 7) is -0.351. The summed E-state index contributed by atoms with van der Waals surface area (Å²) >= 11 is 5.88. The summed E-state index contributed by atoms with van der Waals surface area (Å²) in [5, 5.41) is -0.168.